The van der Waals surface area contributed by atoms with Gasteiger partial charge in [-0.05, 0) is 18.9 Å². The van der Waals surface area contributed by atoms with Crippen LogP contribution in [0.25, 0.3) is 0 Å². The molecule has 1 rings (SSSR count). The van der Waals surface area contributed by atoms with E-state index in [1.165, 1.54) is 69.9 Å². The maximum Gasteiger partial charge on any atom is 0.171 e. The Hall–Kier alpha value is -0.920. The van der Waals surface area contributed by atoms with Crippen molar-refractivity contribution in [2.24, 2.45) is 0 Å². The quantitative estimate of drug-likeness (QED) is 0.449. The molecule has 0 aliphatic rings. The third-order valence-corrected chi connectivity index (χ3v) is 3.48. The van der Waals surface area contributed by atoms with E-state index in [1.54, 1.807) is 0 Å². The van der Waals surface area contributed by atoms with E-state index in [4.69, 9.17) is 0 Å². The second-order valence-electron chi connectivity index (χ2n) is 5.32. The Balaban J connectivity index is 0.00000324. The average Bonchev–Trinajstić information content (AvgIpc) is 2.39. The van der Waals surface area contributed by atoms with Gasteiger partial charge in [0, 0.05) is 18.1 Å². The van der Waals surface area contributed by atoms with Crippen molar-refractivity contribution in [3.8, 4) is 0 Å². The summed E-state index contributed by atoms with van der Waals surface area (Å²) in [6.45, 7) is 5.71. The number of rotatable bonds is 10. The fourth-order valence-corrected chi connectivity index (χ4v) is 2.40. The van der Waals surface area contributed by atoms with Crippen molar-refractivity contribution >= 4 is 0 Å². The molecule has 0 saturated heterocycles. The van der Waals surface area contributed by atoms with E-state index in [2.05, 4.69) is 42.9 Å². The van der Waals surface area contributed by atoms with E-state index in [1.807, 2.05) is 0 Å². The summed E-state index contributed by atoms with van der Waals surface area (Å²) in [5, 5.41) is 0. The summed E-state index contributed by atoms with van der Waals surface area (Å²) in [5.41, 5.74) is 1.47. The molecule has 1 aromatic heterocycles. The SMILES string of the molecule is CCCCCCCCC[n+]1cccc(CCC)c1.[F-]. The highest BCUT2D eigenvalue weighted by Gasteiger charge is 2.01. The molecule has 0 aromatic carbocycles. The highest BCUT2D eigenvalue weighted by molar-refractivity contribution is 5.04. The lowest BCUT2D eigenvalue weighted by atomic mass is 10.1. The molecule has 110 valence electrons. The van der Waals surface area contributed by atoms with Gasteiger partial charge in [0.2, 0.25) is 0 Å². The maximum atomic E-state index is 2.36. The van der Waals surface area contributed by atoms with Crippen LogP contribution in [0.2, 0.25) is 0 Å². The van der Waals surface area contributed by atoms with E-state index >= 15 is 0 Å². The van der Waals surface area contributed by atoms with Crippen LogP contribution in [0.1, 0.15) is 70.8 Å². The first-order chi connectivity index (χ1) is 8.86. The van der Waals surface area contributed by atoms with Crippen LogP contribution in [0.5, 0.6) is 0 Å². The molecule has 0 saturated carbocycles. The van der Waals surface area contributed by atoms with Crippen LogP contribution in [-0.4, -0.2) is 0 Å². The molecule has 0 bridgehead atoms. The first-order valence-electron chi connectivity index (χ1n) is 7.84. The molecule has 0 N–H and O–H groups in total. The molecule has 0 atom stereocenters. The number of halogens is 1. The number of unbranched alkanes of at least 4 members (excludes halogenated alkanes) is 6. The highest BCUT2D eigenvalue weighted by Crippen LogP contribution is 2.06. The lowest BCUT2D eigenvalue weighted by Crippen LogP contribution is -3.00. The Morgan fingerprint density at radius 3 is 2.26 bits per heavy atom. The van der Waals surface area contributed by atoms with Crippen LogP contribution in [0.3, 0.4) is 0 Å². The predicted molar refractivity (Wildman–Crippen MR) is 78.6 cm³/mol. The summed E-state index contributed by atoms with van der Waals surface area (Å²) < 4.78 is 2.36. The second kappa shape index (κ2) is 12.1. The number of hydrogen-bond acceptors (Lipinski definition) is 0. The summed E-state index contributed by atoms with van der Waals surface area (Å²) in [7, 11) is 0. The van der Waals surface area contributed by atoms with Crippen molar-refractivity contribution in [3.05, 3.63) is 30.1 Å². The Morgan fingerprint density at radius 1 is 0.895 bits per heavy atom. The summed E-state index contributed by atoms with van der Waals surface area (Å²) in [6.07, 6.45) is 16.7. The largest absolute Gasteiger partial charge is 1.00 e. The average molecular weight is 267 g/mol. The topological polar surface area (TPSA) is 3.88 Å². The smallest absolute Gasteiger partial charge is 0.171 e. The Kier molecular flexibility index (Phi) is 11.5. The third kappa shape index (κ3) is 8.74. The van der Waals surface area contributed by atoms with E-state index in [0.717, 1.165) is 0 Å². The number of pyridine rings is 1. The van der Waals surface area contributed by atoms with Gasteiger partial charge in [-0.2, -0.15) is 0 Å². The fraction of sp³-hybridized carbons (Fsp3) is 0.706. The van der Waals surface area contributed by atoms with Crippen molar-refractivity contribution < 1.29 is 9.27 Å². The molecule has 19 heavy (non-hydrogen) atoms. The van der Waals surface area contributed by atoms with Crippen LogP contribution in [0.15, 0.2) is 24.5 Å². The van der Waals surface area contributed by atoms with Gasteiger partial charge in [-0.15, -0.1) is 0 Å². The molecular weight excluding hydrogens is 237 g/mol. The van der Waals surface area contributed by atoms with Gasteiger partial charge in [-0.25, -0.2) is 4.57 Å². The second-order valence-corrected chi connectivity index (χ2v) is 5.32. The number of aryl methyl sites for hydroxylation is 2. The van der Waals surface area contributed by atoms with Gasteiger partial charge in [0.15, 0.2) is 12.4 Å². The van der Waals surface area contributed by atoms with Gasteiger partial charge in [0.1, 0.15) is 6.54 Å². The van der Waals surface area contributed by atoms with E-state index in [9.17, 15) is 0 Å². The Bertz CT molecular complexity index is 312. The van der Waals surface area contributed by atoms with Crippen LogP contribution in [0, 0.1) is 0 Å². The zero-order valence-electron chi connectivity index (χ0n) is 12.7. The number of hydrogen-bond donors (Lipinski definition) is 0. The molecule has 0 radical (unpaired) electrons. The highest BCUT2D eigenvalue weighted by atomic mass is 19.0. The summed E-state index contributed by atoms with van der Waals surface area (Å²) in [4.78, 5) is 0. The molecule has 1 aromatic rings. The lowest BCUT2D eigenvalue weighted by molar-refractivity contribution is -0.697. The zero-order valence-corrected chi connectivity index (χ0v) is 12.7. The van der Waals surface area contributed by atoms with Crippen LogP contribution >= 0.6 is 0 Å². The molecule has 0 aliphatic heterocycles. The van der Waals surface area contributed by atoms with Crippen molar-refractivity contribution in [3.63, 3.8) is 0 Å². The molecule has 0 fully saturated rings. The standard InChI is InChI=1S/C17H30N.FH/c1-3-5-6-7-8-9-10-14-18-15-11-13-17(16-18)12-4-2;/h11,13,15-16H,3-10,12,14H2,1-2H3;1H/q+1;/p-1. The minimum absolute atomic E-state index is 0. The monoisotopic (exact) mass is 267 g/mol. The third-order valence-electron chi connectivity index (χ3n) is 3.48. The van der Waals surface area contributed by atoms with Crippen LogP contribution in [0.4, 0.5) is 0 Å². The number of aromatic nitrogens is 1. The summed E-state index contributed by atoms with van der Waals surface area (Å²) in [5.74, 6) is 0. The molecule has 0 unspecified atom stereocenters. The van der Waals surface area contributed by atoms with Crippen LogP contribution < -0.4 is 9.27 Å². The first-order valence-corrected chi connectivity index (χ1v) is 7.84. The summed E-state index contributed by atoms with van der Waals surface area (Å²) >= 11 is 0. The van der Waals surface area contributed by atoms with Gasteiger partial charge >= 0.3 is 0 Å². The zero-order chi connectivity index (χ0) is 13.1. The van der Waals surface area contributed by atoms with Crippen molar-refractivity contribution in [2.75, 3.05) is 0 Å². The van der Waals surface area contributed by atoms with E-state index in [-0.39, 0.29) is 4.70 Å². The van der Waals surface area contributed by atoms with Crippen molar-refractivity contribution in [1.82, 2.24) is 0 Å². The van der Waals surface area contributed by atoms with E-state index < -0.39 is 0 Å². The molecular formula is C17H30FN. The van der Waals surface area contributed by atoms with Gasteiger partial charge < -0.3 is 4.70 Å². The molecule has 0 spiro atoms. The molecule has 1 heterocycles. The fourth-order valence-electron chi connectivity index (χ4n) is 2.40. The Morgan fingerprint density at radius 2 is 1.58 bits per heavy atom. The van der Waals surface area contributed by atoms with Crippen molar-refractivity contribution in [1.29, 1.82) is 0 Å². The maximum absolute atomic E-state index is 2.36. The molecule has 1 nitrogen and oxygen atoms in total. The van der Waals surface area contributed by atoms with Crippen LogP contribution in [-0.2, 0) is 13.0 Å². The lowest BCUT2D eigenvalue weighted by Gasteiger charge is -2.01. The number of nitrogens with zero attached hydrogens (tertiary/aromatic N) is 1. The van der Waals surface area contributed by atoms with E-state index in [0.29, 0.717) is 0 Å². The van der Waals surface area contributed by atoms with Gasteiger partial charge in [0.25, 0.3) is 0 Å². The molecule has 0 aliphatic carbocycles. The summed E-state index contributed by atoms with van der Waals surface area (Å²) in [6, 6.07) is 4.43. The minimum Gasteiger partial charge on any atom is -1.00 e. The Labute approximate surface area is 118 Å². The first kappa shape index (κ1) is 18.1. The van der Waals surface area contributed by atoms with Gasteiger partial charge in [-0.3, -0.25) is 0 Å². The predicted octanol–water partition coefficient (Wildman–Crippen LogP) is 1.68. The molecule has 2 heteroatoms. The minimum atomic E-state index is 0. The van der Waals surface area contributed by atoms with Gasteiger partial charge in [-0.1, -0.05) is 52.4 Å². The normalized spacial score (nSPS) is 10.2. The van der Waals surface area contributed by atoms with Crippen molar-refractivity contribution in [2.45, 2.75) is 78.2 Å². The van der Waals surface area contributed by atoms with Gasteiger partial charge in [0.05, 0.1) is 0 Å². The molecule has 0 amide bonds.